The van der Waals surface area contributed by atoms with Gasteiger partial charge in [0.25, 0.3) is 5.91 Å². The van der Waals surface area contributed by atoms with Crippen molar-refractivity contribution in [1.82, 2.24) is 5.32 Å². The number of primary amides is 1. The van der Waals surface area contributed by atoms with Crippen molar-refractivity contribution in [3.63, 3.8) is 0 Å². The zero-order valence-electron chi connectivity index (χ0n) is 13.7. The summed E-state index contributed by atoms with van der Waals surface area (Å²) in [5.41, 5.74) is 5.64. The van der Waals surface area contributed by atoms with Gasteiger partial charge in [0.05, 0.1) is 12.6 Å². The minimum atomic E-state index is -0.956. The SMILES string of the molecule is CC(C)(C)[C@H](OC(N)=O)C(=O)N[C@@H](Cc1ccccc1)[C@@H]1CO1. The molecule has 1 heterocycles. The fourth-order valence-corrected chi connectivity index (χ4v) is 2.43. The summed E-state index contributed by atoms with van der Waals surface area (Å²) in [6, 6.07) is 9.70. The largest absolute Gasteiger partial charge is 0.436 e. The zero-order chi connectivity index (χ0) is 17.0. The van der Waals surface area contributed by atoms with Crippen molar-refractivity contribution >= 4 is 12.0 Å². The fourth-order valence-electron chi connectivity index (χ4n) is 2.43. The van der Waals surface area contributed by atoms with E-state index in [4.69, 9.17) is 15.2 Å². The van der Waals surface area contributed by atoms with Crippen LogP contribution in [0, 0.1) is 5.41 Å². The molecule has 1 aliphatic heterocycles. The van der Waals surface area contributed by atoms with E-state index in [9.17, 15) is 9.59 Å². The van der Waals surface area contributed by atoms with E-state index in [1.807, 2.05) is 51.1 Å². The van der Waals surface area contributed by atoms with E-state index in [1.54, 1.807) is 0 Å². The van der Waals surface area contributed by atoms with Crippen LogP contribution in [0.15, 0.2) is 30.3 Å². The Bertz CT molecular complexity index is 549. The van der Waals surface area contributed by atoms with Crippen LogP contribution in [0.2, 0.25) is 0 Å². The molecule has 3 N–H and O–H groups in total. The number of carbonyl (C=O) groups is 2. The van der Waals surface area contributed by atoms with Gasteiger partial charge in [-0.1, -0.05) is 51.1 Å². The zero-order valence-corrected chi connectivity index (χ0v) is 13.7. The minimum Gasteiger partial charge on any atom is -0.436 e. The molecule has 2 amide bonds. The molecule has 0 bridgehead atoms. The number of benzene rings is 1. The number of carbonyl (C=O) groups excluding carboxylic acids is 2. The monoisotopic (exact) mass is 320 g/mol. The molecule has 23 heavy (non-hydrogen) atoms. The lowest BCUT2D eigenvalue weighted by molar-refractivity contribution is -0.135. The Morgan fingerprint density at radius 2 is 1.96 bits per heavy atom. The van der Waals surface area contributed by atoms with Crippen molar-refractivity contribution < 1.29 is 19.1 Å². The highest BCUT2D eigenvalue weighted by Gasteiger charge is 2.39. The summed E-state index contributed by atoms with van der Waals surface area (Å²) in [6.45, 7) is 6.08. The molecular weight excluding hydrogens is 296 g/mol. The van der Waals surface area contributed by atoms with Crippen LogP contribution < -0.4 is 11.1 Å². The first-order chi connectivity index (χ1) is 10.8. The third-order valence-electron chi connectivity index (χ3n) is 3.69. The van der Waals surface area contributed by atoms with E-state index in [0.717, 1.165) is 5.56 Å². The van der Waals surface area contributed by atoms with E-state index in [0.29, 0.717) is 13.0 Å². The molecule has 0 spiro atoms. The van der Waals surface area contributed by atoms with Crippen molar-refractivity contribution in [2.75, 3.05) is 6.61 Å². The van der Waals surface area contributed by atoms with Gasteiger partial charge in [-0.3, -0.25) is 4.79 Å². The molecule has 0 radical (unpaired) electrons. The van der Waals surface area contributed by atoms with E-state index >= 15 is 0 Å². The number of rotatable bonds is 6. The highest BCUT2D eigenvalue weighted by Crippen LogP contribution is 2.24. The number of amides is 2. The summed E-state index contributed by atoms with van der Waals surface area (Å²) in [4.78, 5) is 23.6. The van der Waals surface area contributed by atoms with Crippen molar-refractivity contribution in [2.24, 2.45) is 11.1 Å². The third-order valence-corrected chi connectivity index (χ3v) is 3.69. The number of hydrogen-bond acceptors (Lipinski definition) is 4. The molecule has 0 aromatic heterocycles. The topological polar surface area (TPSA) is 94.0 Å². The van der Waals surface area contributed by atoms with E-state index in [1.165, 1.54) is 0 Å². The van der Waals surface area contributed by atoms with Crippen molar-refractivity contribution in [1.29, 1.82) is 0 Å². The normalized spacial score (nSPS) is 19.5. The predicted octanol–water partition coefficient (Wildman–Crippen LogP) is 1.62. The Hall–Kier alpha value is -2.08. The Balaban J connectivity index is 2.06. The lowest BCUT2D eigenvalue weighted by Crippen LogP contribution is -2.51. The Labute approximate surface area is 136 Å². The van der Waals surface area contributed by atoms with Crippen LogP contribution >= 0.6 is 0 Å². The molecule has 0 aliphatic carbocycles. The number of ether oxygens (including phenoxy) is 2. The molecule has 0 unspecified atom stereocenters. The van der Waals surface area contributed by atoms with Crippen molar-refractivity contribution in [3.8, 4) is 0 Å². The molecule has 3 atom stereocenters. The second kappa shape index (κ2) is 7.00. The molecule has 1 aromatic rings. The lowest BCUT2D eigenvalue weighted by atomic mass is 9.88. The smallest absolute Gasteiger partial charge is 0.405 e. The van der Waals surface area contributed by atoms with Gasteiger partial charge in [0, 0.05) is 5.41 Å². The third kappa shape index (κ3) is 5.25. The molecule has 6 nitrogen and oxygen atoms in total. The van der Waals surface area contributed by atoms with Gasteiger partial charge in [-0.15, -0.1) is 0 Å². The predicted molar refractivity (Wildman–Crippen MR) is 85.7 cm³/mol. The Morgan fingerprint density at radius 1 is 1.35 bits per heavy atom. The van der Waals surface area contributed by atoms with Crippen LogP contribution in [0.3, 0.4) is 0 Å². The average Bonchev–Trinajstić information content (AvgIpc) is 3.28. The highest BCUT2D eigenvalue weighted by molar-refractivity contribution is 5.84. The van der Waals surface area contributed by atoms with Gasteiger partial charge in [-0.2, -0.15) is 0 Å². The van der Waals surface area contributed by atoms with Gasteiger partial charge >= 0.3 is 6.09 Å². The van der Waals surface area contributed by atoms with Crippen molar-refractivity contribution in [2.45, 2.75) is 45.4 Å². The molecule has 2 rings (SSSR count). The number of nitrogens with two attached hydrogens (primary N) is 1. The lowest BCUT2D eigenvalue weighted by Gasteiger charge is -2.30. The number of hydrogen-bond donors (Lipinski definition) is 2. The fraction of sp³-hybridized carbons (Fsp3) is 0.529. The van der Waals surface area contributed by atoms with E-state index in [-0.39, 0.29) is 18.1 Å². The number of epoxide rings is 1. The second-order valence-corrected chi connectivity index (χ2v) is 6.86. The molecule has 0 saturated carbocycles. The Kier molecular flexibility index (Phi) is 5.26. The van der Waals surface area contributed by atoms with Crippen LogP contribution in [0.5, 0.6) is 0 Å². The van der Waals surface area contributed by atoms with Gasteiger partial charge in [-0.25, -0.2) is 4.79 Å². The van der Waals surface area contributed by atoms with Crippen LogP contribution in [-0.2, 0) is 20.7 Å². The van der Waals surface area contributed by atoms with Crippen LogP contribution in [-0.4, -0.2) is 36.9 Å². The van der Waals surface area contributed by atoms with Crippen LogP contribution in [0.1, 0.15) is 26.3 Å². The molecule has 1 saturated heterocycles. The first-order valence-electron chi connectivity index (χ1n) is 7.69. The first kappa shape index (κ1) is 17.3. The molecular formula is C17H24N2O4. The summed E-state index contributed by atoms with van der Waals surface area (Å²) in [5, 5.41) is 2.94. The molecule has 1 aliphatic rings. The van der Waals surface area contributed by atoms with E-state index < -0.39 is 17.6 Å². The van der Waals surface area contributed by atoms with Gasteiger partial charge in [0.2, 0.25) is 0 Å². The average molecular weight is 320 g/mol. The van der Waals surface area contributed by atoms with Gasteiger partial charge < -0.3 is 20.5 Å². The van der Waals surface area contributed by atoms with Gasteiger partial charge in [-0.05, 0) is 12.0 Å². The standard InChI is InChI=1S/C17H24N2O4/c1-17(2,3)14(23-16(18)21)15(20)19-12(13-10-22-13)9-11-7-5-4-6-8-11/h4-8,12-14H,9-10H2,1-3H3,(H2,18,21)(H,19,20)/t12-,13-,14+/m0/s1. The minimum absolute atomic E-state index is 0.00616. The second-order valence-electron chi connectivity index (χ2n) is 6.86. The maximum Gasteiger partial charge on any atom is 0.405 e. The molecule has 6 heteroatoms. The molecule has 1 aromatic carbocycles. The maximum atomic E-state index is 12.6. The summed E-state index contributed by atoms with van der Waals surface area (Å²) in [6.07, 6.45) is -1.25. The van der Waals surface area contributed by atoms with E-state index in [2.05, 4.69) is 5.32 Å². The molecule has 1 fully saturated rings. The van der Waals surface area contributed by atoms with Crippen LogP contribution in [0.4, 0.5) is 4.79 Å². The van der Waals surface area contributed by atoms with Gasteiger partial charge in [0.1, 0.15) is 6.10 Å². The van der Waals surface area contributed by atoms with Gasteiger partial charge in [0.15, 0.2) is 6.10 Å². The van der Waals surface area contributed by atoms with Crippen molar-refractivity contribution in [3.05, 3.63) is 35.9 Å². The summed E-state index contributed by atoms with van der Waals surface area (Å²) < 4.78 is 10.4. The first-order valence-corrected chi connectivity index (χ1v) is 7.69. The Morgan fingerprint density at radius 3 is 2.43 bits per heavy atom. The molecule has 126 valence electrons. The summed E-state index contributed by atoms with van der Waals surface area (Å²) in [5.74, 6) is -0.354. The summed E-state index contributed by atoms with van der Waals surface area (Å²) in [7, 11) is 0. The number of nitrogens with one attached hydrogen (secondary N) is 1. The quantitative estimate of drug-likeness (QED) is 0.779. The maximum absolute atomic E-state index is 12.6. The summed E-state index contributed by atoms with van der Waals surface area (Å²) >= 11 is 0. The highest BCUT2D eigenvalue weighted by atomic mass is 16.6. The van der Waals surface area contributed by atoms with Crippen LogP contribution in [0.25, 0.3) is 0 Å².